The zero-order valence-corrected chi connectivity index (χ0v) is 13.1. The van der Waals surface area contributed by atoms with Gasteiger partial charge in [-0.15, -0.1) is 6.58 Å². The zero-order chi connectivity index (χ0) is 16.1. The van der Waals surface area contributed by atoms with Gasteiger partial charge in [0, 0.05) is 18.3 Å². The van der Waals surface area contributed by atoms with Crippen LogP contribution < -0.4 is 10.6 Å². The second kappa shape index (κ2) is 6.85. The molecule has 1 aromatic carbocycles. The average molecular weight is 296 g/mol. The van der Waals surface area contributed by atoms with Crippen LogP contribution in [0.3, 0.4) is 0 Å². The van der Waals surface area contributed by atoms with Gasteiger partial charge in [0.15, 0.2) is 0 Å². The number of hydrogen-bond donors (Lipinski definition) is 2. The fourth-order valence-electron chi connectivity index (χ4n) is 2.14. The first kappa shape index (κ1) is 15.7. The van der Waals surface area contributed by atoms with Crippen molar-refractivity contribution in [2.45, 2.75) is 20.8 Å². The molecule has 0 saturated carbocycles. The van der Waals surface area contributed by atoms with E-state index < -0.39 is 0 Å². The van der Waals surface area contributed by atoms with Gasteiger partial charge in [0.25, 0.3) is 5.91 Å². The molecule has 0 aliphatic rings. The van der Waals surface area contributed by atoms with Crippen LogP contribution in [0.1, 0.15) is 27.4 Å². The Kier molecular flexibility index (Phi) is 4.88. The molecule has 1 heterocycles. The Bertz CT molecular complexity index is 690. The molecule has 2 N–H and O–H groups in total. The first-order valence-electron chi connectivity index (χ1n) is 7.09. The van der Waals surface area contributed by atoms with Crippen LogP contribution in [0.5, 0.6) is 0 Å². The molecule has 2 rings (SSSR count). The van der Waals surface area contributed by atoms with E-state index in [1.54, 1.807) is 19.1 Å². The smallest absolute Gasteiger partial charge is 0.270 e. The summed E-state index contributed by atoms with van der Waals surface area (Å²) in [7, 11) is 0. The highest BCUT2D eigenvalue weighted by molar-refractivity contribution is 5.93. The van der Waals surface area contributed by atoms with Gasteiger partial charge in [0.2, 0.25) is 0 Å². The number of nitrogens with one attached hydrogen (secondary N) is 2. The van der Waals surface area contributed by atoms with Crippen LogP contribution >= 0.6 is 0 Å². The summed E-state index contributed by atoms with van der Waals surface area (Å²) in [5, 5.41) is 6.00. The maximum atomic E-state index is 12.0. The molecule has 0 atom stereocenters. The minimum absolute atomic E-state index is 0.241. The van der Waals surface area contributed by atoms with Crippen LogP contribution in [0, 0.1) is 20.8 Å². The highest BCUT2D eigenvalue weighted by Crippen LogP contribution is 2.23. The number of anilines is 2. The third kappa shape index (κ3) is 3.69. The number of para-hydroxylation sites is 1. The minimum atomic E-state index is -0.241. The second-order valence-corrected chi connectivity index (χ2v) is 5.08. The summed E-state index contributed by atoms with van der Waals surface area (Å²) in [6.45, 7) is 9.80. The summed E-state index contributed by atoms with van der Waals surface area (Å²) in [4.78, 5) is 20.5. The third-order valence-corrected chi connectivity index (χ3v) is 3.21. The Morgan fingerprint density at radius 2 is 1.91 bits per heavy atom. The Morgan fingerprint density at radius 3 is 2.55 bits per heavy atom. The average Bonchev–Trinajstić information content (AvgIpc) is 2.48. The molecule has 114 valence electrons. The zero-order valence-electron chi connectivity index (χ0n) is 13.1. The molecule has 0 fully saturated rings. The molecule has 0 radical (unpaired) electrons. The molecule has 1 aromatic heterocycles. The predicted octanol–water partition coefficient (Wildman–Crippen LogP) is 3.06. The number of carbonyl (C=O) groups excluding carboxylic acids is 1. The SMILES string of the molecule is C=CCNC(=O)c1cc(Nc2c(C)cccc2C)nc(C)n1. The van der Waals surface area contributed by atoms with E-state index in [1.807, 2.05) is 32.0 Å². The molecule has 5 heteroatoms. The molecule has 0 spiro atoms. The third-order valence-electron chi connectivity index (χ3n) is 3.21. The molecule has 0 aliphatic heterocycles. The second-order valence-electron chi connectivity index (χ2n) is 5.08. The number of aromatic nitrogens is 2. The molecule has 1 amide bonds. The van der Waals surface area contributed by atoms with E-state index in [4.69, 9.17) is 0 Å². The summed E-state index contributed by atoms with van der Waals surface area (Å²) >= 11 is 0. The van der Waals surface area contributed by atoms with Gasteiger partial charge in [-0.2, -0.15) is 0 Å². The van der Waals surface area contributed by atoms with E-state index in [2.05, 4.69) is 27.2 Å². The maximum absolute atomic E-state index is 12.0. The summed E-state index contributed by atoms with van der Waals surface area (Å²) in [6.07, 6.45) is 1.63. The first-order chi connectivity index (χ1) is 10.5. The molecule has 0 aliphatic carbocycles. The topological polar surface area (TPSA) is 66.9 Å². The van der Waals surface area contributed by atoms with E-state index in [0.29, 0.717) is 23.9 Å². The normalized spacial score (nSPS) is 10.1. The van der Waals surface area contributed by atoms with Crippen LogP contribution in [0.2, 0.25) is 0 Å². The monoisotopic (exact) mass is 296 g/mol. The Morgan fingerprint density at radius 1 is 1.23 bits per heavy atom. The van der Waals surface area contributed by atoms with Crippen molar-refractivity contribution in [1.29, 1.82) is 0 Å². The largest absolute Gasteiger partial charge is 0.347 e. The lowest BCUT2D eigenvalue weighted by Gasteiger charge is -2.13. The van der Waals surface area contributed by atoms with Crippen molar-refractivity contribution in [3.8, 4) is 0 Å². The van der Waals surface area contributed by atoms with Crippen molar-refractivity contribution in [2.24, 2.45) is 0 Å². The summed E-state index contributed by atoms with van der Waals surface area (Å²) in [6, 6.07) is 7.72. The minimum Gasteiger partial charge on any atom is -0.347 e. The highest BCUT2D eigenvalue weighted by atomic mass is 16.1. The fraction of sp³-hybridized carbons (Fsp3) is 0.235. The summed E-state index contributed by atoms with van der Waals surface area (Å²) < 4.78 is 0. The van der Waals surface area contributed by atoms with Gasteiger partial charge in [-0.3, -0.25) is 4.79 Å². The van der Waals surface area contributed by atoms with Crippen LogP contribution in [0.4, 0.5) is 11.5 Å². The van der Waals surface area contributed by atoms with E-state index in [-0.39, 0.29) is 5.91 Å². The summed E-state index contributed by atoms with van der Waals surface area (Å²) in [5.74, 6) is 0.906. The van der Waals surface area contributed by atoms with Gasteiger partial charge in [-0.05, 0) is 31.9 Å². The number of amides is 1. The summed E-state index contributed by atoms with van der Waals surface area (Å²) in [5.41, 5.74) is 3.57. The lowest BCUT2D eigenvalue weighted by Crippen LogP contribution is -2.24. The first-order valence-corrected chi connectivity index (χ1v) is 7.09. The van der Waals surface area contributed by atoms with Crippen LogP contribution in [0.15, 0.2) is 36.9 Å². The van der Waals surface area contributed by atoms with Gasteiger partial charge in [-0.25, -0.2) is 9.97 Å². The maximum Gasteiger partial charge on any atom is 0.270 e. The molecule has 0 unspecified atom stereocenters. The number of benzene rings is 1. The Balaban J connectivity index is 2.30. The Labute approximate surface area is 130 Å². The van der Waals surface area contributed by atoms with E-state index in [1.165, 1.54) is 0 Å². The molecule has 0 saturated heterocycles. The van der Waals surface area contributed by atoms with E-state index >= 15 is 0 Å². The quantitative estimate of drug-likeness (QED) is 0.832. The van der Waals surface area contributed by atoms with Crippen LogP contribution in [0.25, 0.3) is 0 Å². The van der Waals surface area contributed by atoms with Crippen LogP contribution in [-0.4, -0.2) is 22.4 Å². The molecule has 0 bridgehead atoms. The fourth-order valence-corrected chi connectivity index (χ4v) is 2.14. The molecule has 2 aromatic rings. The van der Waals surface area contributed by atoms with Gasteiger partial charge in [-0.1, -0.05) is 24.3 Å². The number of carbonyl (C=O) groups is 1. The highest BCUT2D eigenvalue weighted by Gasteiger charge is 2.11. The van der Waals surface area contributed by atoms with Gasteiger partial charge < -0.3 is 10.6 Å². The van der Waals surface area contributed by atoms with E-state index in [0.717, 1.165) is 16.8 Å². The van der Waals surface area contributed by atoms with Crippen LogP contribution in [-0.2, 0) is 0 Å². The van der Waals surface area contributed by atoms with Crippen molar-refractivity contribution in [3.63, 3.8) is 0 Å². The number of rotatable bonds is 5. The van der Waals surface area contributed by atoms with Crippen molar-refractivity contribution in [2.75, 3.05) is 11.9 Å². The molecule has 5 nitrogen and oxygen atoms in total. The number of hydrogen-bond acceptors (Lipinski definition) is 4. The van der Waals surface area contributed by atoms with Gasteiger partial charge in [0.05, 0.1) is 0 Å². The lowest BCUT2D eigenvalue weighted by atomic mass is 10.1. The lowest BCUT2D eigenvalue weighted by molar-refractivity contribution is 0.0952. The Hall–Kier alpha value is -2.69. The number of aryl methyl sites for hydroxylation is 3. The van der Waals surface area contributed by atoms with Gasteiger partial charge >= 0.3 is 0 Å². The van der Waals surface area contributed by atoms with Crippen molar-refractivity contribution >= 4 is 17.4 Å². The standard InChI is InChI=1S/C17H20N4O/c1-5-9-18-17(22)14-10-15(20-13(4)19-14)21-16-11(2)7-6-8-12(16)3/h5-8,10H,1,9H2,2-4H3,(H,18,22)(H,19,20,21). The van der Waals surface area contributed by atoms with Crippen molar-refractivity contribution in [1.82, 2.24) is 15.3 Å². The number of nitrogens with zero attached hydrogens (tertiary/aromatic N) is 2. The molecular weight excluding hydrogens is 276 g/mol. The molecule has 22 heavy (non-hydrogen) atoms. The molecular formula is C17H20N4O. The van der Waals surface area contributed by atoms with Crippen molar-refractivity contribution in [3.05, 3.63) is 59.6 Å². The van der Waals surface area contributed by atoms with Gasteiger partial charge in [0.1, 0.15) is 17.3 Å². The van der Waals surface area contributed by atoms with E-state index in [9.17, 15) is 4.79 Å². The predicted molar refractivity (Wildman–Crippen MR) is 88.5 cm³/mol. The van der Waals surface area contributed by atoms with Crippen molar-refractivity contribution < 1.29 is 4.79 Å².